The maximum Gasteiger partial charge on any atom is 0.272 e. The van der Waals surface area contributed by atoms with Crippen molar-refractivity contribution in [3.63, 3.8) is 0 Å². The molecule has 0 bridgehead atoms. The van der Waals surface area contributed by atoms with Crippen molar-refractivity contribution in [3.8, 4) is 0 Å². The number of hydrogen-bond acceptors (Lipinski definition) is 3. The molecule has 3 N–H and O–H groups in total. The van der Waals surface area contributed by atoms with Gasteiger partial charge >= 0.3 is 0 Å². The van der Waals surface area contributed by atoms with Crippen LogP contribution in [-0.2, 0) is 16.0 Å². The van der Waals surface area contributed by atoms with E-state index in [1.54, 1.807) is 78.9 Å². The van der Waals surface area contributed by atoms with Crippen molar-refractivity contribution in [2.24, 2.45) is 0 Å². The van der Waals surface area contributed by atoms with Crippen molar-refractivity contribution in [1.82, 2.24) is 5.32 Å². The van der Waals surface area contributed by atoms with Gasteiger partial charge in [0.25, 0.3) is 11.8 Å². The van der Waals surface area contributed by atoms with Crippen LogP contribution >= 0.6 is 11.6 Å². The minimum absolute atomic E-state index is 0.0718. The number of halogens is 1. The molecule has 0 unspecified atom stereocenters. The molecular formula is C30H24ClN3O3. The van der Waals surface area contributed by atoms with Crippen LogP contribution in [0, 0.1) is 0 Å². The Kier molecular flexibility index (Phi) is 8.47. The van der Waals surface area contributed by atoms with Crippen molar-refractivity contribution in [2.45, 2.75) is 6.42 Å². The summed E-state index contributed by atoms with van der Waals surface area (Å²) in [6.45, 7) is 0. The summed E-state index contributed by atoms with van der Waals surface area (Å²) in [4.78, 5) is 38.2. The first-order valence-electron chi connectivity index (χ1n) is 11.5. The largest absolute Gasteiger partial charge is 0.326 e. The molecule has 0 fully saturated rings. The van der Waals surface area contributed by atoms with E-state index in [9.17, 15) is 14.4 Å². The molecule has 6 nitrogen and oxygen atoms in total. The van der Waals surface area contributed by atoms with E-state index in [4.69, 9.17) is 11.6 Å². The fourth-order valence-electron chi connectivity index (χ4n) is 3.48. The van der Waals surface area contributed by atoms with Crippen molar-refractivity contribution >= 4 is 46.8 Å². The number of amides is 3. The maximum absolute atomic E-state index is 13.1. The van der Waals surface area contributed by atoms with Crippen LogP contribution in [0.25, 0.3) is 6.08 Å². The molecule has 0 aliphatic heterocycles. The highest BCUT2D eigenvalue weighted by Crippen LogP contribution is 2.16. The predicted octanol–water partition coefficient (Wildman–Crippen LogP) is 5.93. The molecule has 4 rings (SSSR count). The SMILES string of the molecule is O=C(Cc1ccc(NC(=O)C(=Cc2ccc(Cl)cc2)NC(=O)c2ccccc2)cc1)Nc1ccccc1. The number of rotatable bonds is 8. The Hall–Kier alpha value is -4.68. The number of benzene rings is 4. The van der Waals surface area contributed by atoms with Gasteiger partial charge in [-0.05, 0) is 65.7 Å². The lowest BCUT2D eigenvalue weighted by molar-refractivity contribution is -0.115. The molecule has 4 aromatic carbocycles. The maximum atomic E-state index is 13.1. The lowest BCUT2D eigenvalue weighted by Gasteiger charge is -2.12. The van der Waals surface area contributed by atoms with Gasteiger partial charge in [0.05, 0.1) is 6.42 Å². The predicted molar refractivity (Wildman–Crippen MR) is 147 cm³/mol. The average Bonchev–Trinajstić information content (AvgIpc) is 2.91. The fourth-order valence-corrected chi connectivity index (χ4v) is 3.61. The normalized spacial score (nSPS) is 10.9. The number of nitrogens with one attached hydrogen (secondary N) is 3. The van der Waals surface area contributed by atoms with Gasteiger partial charge < -0.3 is 16.0 Å². The molecule has 3 amide bonds. The molecule has 0 saturated carbocycles. The Morgan fingerprint density at radius 3 is 1.92 bits per heavy atom. The van der Waals surface area contributed by atoms with Crippen molar-refractivity contribution in [2.75, 3.05) is 10.6 Å². The first-order chi connectivity index (χ1) is 18.0. The molecule has 37 heavy (non-hydrogen) atoms. The highest BCUT2D eigenvalue weighted by Gasteiger charge is 2.15. The van der Waals surface area contributed by atoms with Crippen LogP contribution in [0.4, 0.5) is 11.4 Å². The monoisotopic (exact) mass is 509 g/mol. The number of anilines is 2. The summed E-state index contributed by atoms with van der Waals surface area (Å²) < 4.78 is 0. The lowest BCUT2D eigenvalue weighted by atomic mass is 10.1. The van der Waals surface area contributed by atoms with Crippen molar-refractivity contribution in [1.29, 1.82) is 0 Å². The summed E-state index contributed by atoms with van der Waals surface area (Å²) in [7, 11) is 0. The van der Waals surface area contributed by atoms with Crippen LogP contribution in [0.1, 0.15) is 21.5 Å². The zero-order chi connectivity index (χ0) is 26.0. The molecule has 0 heterocycles. The van der Waals surface area contributed by atoms with Crippen LogP contribution in [0.2, 0.25) is 5.02 Å². The van der Waals surface area contributed by atoms with Crippen LogP contribution in [0.5, 0.6) is 0 Å². The molecule has 4 aromatic rings. The van der Waals surface area contributed by atoms with E-state index in [0.717, 1.165) is 11.3 Å². The third kappa shape index (κ3) is 7.65. The van der Waals surface area contributed by atoms with Gasteiger partial charge in [0.2, 0.25) is 5.91 Å². The molecule has 0 aromatic heterocycles. The topological polar surface area (TPSA) is 87.3 Å². The van der Waals surface area contributed by atoms with Crippen LogP contribution in [0.15, 0.2) is 115 Å². The summed E-state index contributed by atoms with van der Waals surface area (Å²) >= 11 is 5.97. The summed E-state index contributed by atoms with van der Waals surface area (Å²) in [6.07, 6.45) is 1.77. The minimum atomic E-state index is -0.492. The van der Waals surface area contributed by atoms with E-state index in [0.29, 0.717) is 21.8 Å². The van der Waals surface area contributed by atoms with Gasteiger partial charge in [0.15, 0.2) is 0 Å². The Morgan fingerprint density at radius 2 is 1.27 bits per heavy atom. The molecule has 0 aliphatic rings. The first-order valence-corrected chi connectivity index (χ1v) is 11.9. The molecule has 0 atom stereocenters. The van der Waals surface area contributed by atoms with Gasteiger partial charge in [-0.3, -0.25) is 14.4 Å². The summed E-state index contributed by atoms with van der Waals surface area (Å²) in [5.41, 5.74) is 3.24. The first kappa shape index (κ1) is 25.4. The Morgan fingerprint density at radius 1 is 0.676 bits per heavy atom. The third-order valence-electron chi connectivity index (χ3n) is 5.34. The van der Waals surface area contributed by atoms with E-state index < -0.39 is 11.8 Å². The molecule has 0 saturated heterocycles. The number of hydrogen-bond donors (Lipinski definition) is 3. The Labute approximate surface area is 220 Å². The van der Waals surface area contributed by atoms with Gasteiger partial charge in [0, 0.05) is 22.0 Å². The smallest absolute Gasteiger partial charge is 0.272 e. The molecule has 184 valence electrons. The fraction of sp³-hybridized carbons (Fsp3) is 0.0333. The minimum Gasteiger partial charge on any atom is -0.326 e. The second-order valence-electron chi connectivity index (χ2n) is 8.17. The van der Waals surface area contributed by atoms with Crippen molar-refractivity contribution < 1.29 is 14.4 Å². The van der Waals surface area contributed by atoms with Gasteiger partial charge in [0.1, 0.15) is 5.70 Å². The van der Waals surface area contributed by atoms with E-state index in [1.807, 2.05) is 36.4 Å². The van der Waals surface area contributed by atoms with Gasteiger partial charge in [-0.1, -0.05) is 72.3 Å². The van der Waals surface area contributed by atoms with E-state index in [2.05, 4.69) is 16.0 Å². The standard InChI is InChI=1S/C30H24ClN3O3/c31-24-15-11-21(12-16-24)19-27(34-29(36)23-7-3-1-4-8-23)30(37)33-26-17-13-22(14-18-26)20-28(35)32-25-9-5-2-6-10-25/h1-19H,20H2,(H,32,35)(H,33,37)(H,34,36). The van der Waals surface area contributed by atoms with Crippen LogP contribution < -0.4 is 16.0 Å². The van der Waals surface area contributed by atoms with Crippen LogP contribution in [0.3, 0.4) is 0 Å². The molecule has 0 radical (unpaired) electrons. The molecule has 0 aliphatic carbocycles. The number of carbonyl (C=O) groups excluding carboxylic acids is 3. The number of carbonyl (C=O) groups is 3. The van der Waals surface area contributed by atoms with Gasteiger partial charge in [-0.15, -0.1) is 0 Å². The molecule has 7 heteroatoms. The second-order valence-corrected chi connectivity index (χ2v) is 8.61. The highest BCUT2D eigenvalue weighted by atomic mass is 35.5. The summed E-state index contributed by atoms with van der Waals surface area (Å²) in [5, 5.41) is 8.91. The Bertz CT molecular complexity index is 1400. The van der Waals surface area contributed by atoms with E-state index in [1.165, 1.54) is 0 Å². The zero-order valence-corrected chi connectivity index (χ0v) is 20.5. The molecular weight excluding hydrogens is 486 g/mol. The summed E-state index contributed by atoms with van der Waals surface area (Å²) in [5.74, 6) is -1.04. The van der Waals surface area contributed by atoms with Gasteiger partial charge in [-0.25, -0.2) is 0 Å². The molecule has 0 spiro atoms. The van der Waals surface area contributed by atoms with Crippen molar-refractivity contribution in [3.05, 3.63) is 137 Å². The quantitative estimate of drug-likeness (QED) is 0.257. The van der Waals surface area contributed by atoms with E-state index in [-0.39, 0.29) is 18.0 Å². The third-order valence-corrected chi connectivity index (χ3v) is 5.60. The van der Waals surface area contributed by atoms with Gasteiger partial charge in [-0.2, -0.15) is 0 Å². The Balaban J connectivity index is 1.45. The highest BCUT2D eigenvalue weighted by molar-refractivity contribution is 6.30. The van der Waals surface area contributed by atoms with Crippen LogP contribution in [-0.4, -0.2) is 17.7 Å². The lowest BCUT2D eigenvalue weighted by Crippen LogP contribution is -2.30. The number of para-hydroxylation sites is 1. The average molecular weight is 510 g/mol. The zero-order valence-electron chi connectivity index (χ0n) is 19.8. The van der Waals surface area contributed by atoms with E-state index >= 15 is 0 Å². The second kappa shape index (κ2) is 12.3. The summed E-state index contributed by atoms with van der Waals surface area (Å²) in [6, 6.07) is 31.7.